The molecule has 1 heterocycles. The number of carbonyl (C=O) groups excluding carboxylic acids is 1. The van der Waals surface area contributed by atoms with E-state index in [-0.39, 0.29) is 10.7 Å². The van der Waals surface area contributed by atoms with Gasteiger partial charge in [-0.15, -0.1) is 0 Å². The predicted molar refractivity (Wildman–Crippen MR) is 157 cm³/mol. The lowest BCUT2D eigenvalue weighted by molar-refractivity contribution is -0.161. The number of esters is 1. The molecule has 41 heavy (non-hydrogen) atoms. The highest BCUT2D eigenvalue weighted by atomic mass is 32.2. The molecule has 1 saturated carbocycles. The number of aliphatic hydroxyl groups excluding tert-OH is 1. The Morgan fingerprint density at radius 1 is 0.976 bits per heavy atom. The van der Waals surface area contributed by atoms with Crippen LogP contribution in [0.4, 0.5) is 5.69 Å². The molecule has 0 amide bonds. The van der Waals surface area contributed by atoms with Crippen LogP contribution in [0.25, 0.3) is 0 Å². The fourth-order valence-electron chi connectivity index (χ4n) is 5.92. The van der Waals surface area contributed by atoms with Crippen molar-refractivity contribution in [2.75, 3.05) is 4.72 Å². The maximum absolute atomic E-state index is 13.5. The lowest BCUT2D eigenvalue weighted by Crippen LogP contribution is -2.42. The van der Waals surface area contributed by atoms with Gasteiger partial charge in [-0.2, -0.15) is 5.26 Å². The monoisotopic (exact) mass is 570 g/mol. The van der Waals surface area contributed by atoms with Gasteiger partial charge in [-0.1, -0.05) is 55.8 Å². The maximum Gasteiger partial charge on any atom is 0.338 e. The molecule has 212 valence electrons. The molecule has 1 aliphatic heterocycles. The first-order valence-electron chi connectivity index (χ1n) is 14.0. The highest BCUT2D eigenvalue weighted by Gasteiger charge is 2.54. The van der Waals surface area contributed by atoms with Gasteiger partial charge in [0.2, 0.25) is 0 Å². The van der Waals surface area contributed by atoms with Gasteiger partial charge < -0.3 is 9.84 Å². The number of hydrogen-bond acceptors (Lipinski definition) is 6. The summed E-state index contributed by atoms with van der Waals surface area (Å²) >= 11 is 0. The molecular formula is C33H34N2O5S. The summed E-state index contributed by atoms with van der Waals surface area (Å²) < 4.78 is 34.6. The molecule has 0 saturated heterocycles. The van der Waals surface area contributed by atoms with Gasteiger partial charge in [0.25, 0.3) is 10.0 Å². The summed E-state index contributed by atoms with van der Waals surface area (Å²) in [5, 5.41) is 20.3. The molecule has 0 spiro atoms. The van der Waals surface area contributed by atoms with Gasteiger partial charge >= 0.3 is 5.97 Å². The summed E-state index contributed by atoms with van der Waals surface area (Å²) in [4.78, 5) is 13.5. The highest BCUT2D eigenvalue weighted by Crippen LogP contribution is 2.57. The molecule has 3 aromatic rings. The largest absolute Gasteiger partial charge is 0.512 e. The molecule has 0 aromatic heterocycles. The van der Waals surface area contributed by atoms with Crippen LogP contribution < -0.4 is 4.72 Å². The van der Waals surface area contributed by atoms with Crippen LogP contribution in [-0.2, 0) is 32.4 Å². The van der Waals surface area contributed by atoms with Crippen molar-refractivity contribution >= 4 is 21.7 Å². The number of benzene rings is 3. The van der Waals surface area contributed by atoms with Crippen LogP contribution in [0.2, 0.25) is 0 Å². The van der Waals surface area contributed by atoms with E-state index in [2.05, 4.69) is 23.8 Å². The van der Waals surface area contributed by atoms with Gasteiger partial charge in [-0.05, 0) is 86.1 Å². The highest BCUT2D eigenvalue weighted by molar-refractivity contribution is 7.92. The summed E-state index contributed by atoms with van der Waals surface area (Å²) in [6.45, 7) is 2.05. The van der Waals surface area contributed by atoms with Crippen LogP contribution in [0.3, 0.4) is 0 Å². The number of nitrogens with zero attached hydrogens (tertiary/aromatic N) is 1. The molecule has 2 aliphatic rings. The molecule has 2 N–H and O–H groups in total. The quantitative estimate of drug-likeness (QED) is 0.251. The third kappa shape index (κ3) is 6.31. The number of cyclic esters (lactones) is 1. The molecule has 0 bridgehead atoms. The number of hydrogen-bond donors (Lipinski definition) is 2. The number of aliphatic hydroxyl groups is 1. The first-order valence-corrected chi connectivity index (χ1v) is 15.5. The molecule has 7 nitrogen and oxygen atoms in total. The zero-order chi connectivity index (χ0) is 29.1. The average Bonchev–Trinajstić information content (AvgIpc) is 3.72. The summed E-state index contributed by atoms with van der Waals surface area (Å²) in [7, 11) is -3.85. The number of rotatable bonds is 11. The van der Waals surface area contributed by atoms with E-state index in [1.54, 1.807) is 18.2 Å². The van der Waals surface area contributed by atoms with Crippen LogP contribution >= 0.6 is 0 Å². The lowest BCUT2D eigenvalue weighted by Gasteiger charge is -2.39. The Bertz CT molecular complexity index is 1600. The lowest BCUT2D eigenvalue weighted by atomic mass is 9.79. The van der Waals surface area contributed by atoms with E-state index in [4.69, 9.17) is 10.00 Å². The molecule has 3 aromatic carbocycles. The van der Waals surface area contributed by atoms with Crippen molar-refractivity contribution in [3.63, 3.8) is 0 Å². The van der Waals surface area contributed by atoms with Gasteiger partial charge in [0, 0.05) is 17.5 Å². The minimum atomic E-state index is -3.85. The van der Waals surface area contributed by atoms with Crippen LogP contribution in [-0.4, -0.2) is 25.1 Å². The van der Waals surface area contributed by atoms with Gasteiger partial charge in [-0.3, -0.25) is 4.72 Å². The standard InChI is InChI=1S/C33H34N2O5S/c1-2-16-33(17-15-24-7-4-3-5-8-24)22-29(36)30(31(37)40-33)32(18-19-32)21-26-9-6-10-27(20-26)35-41(38,39)28-13-11-25(23-34)12-14-28/h3-14,20,35-36H,2,15-19,21-22H2,1H3. The fourth-order valence-corrected chi connectivity index (χ4v) is 6.97. The van der Waals surface area contributed by atoms with Gasteiger partial charge in [0.15, 0.2) is 0 Å². The second-order valence-electron chi connectivity index (χ2n) is 11.2. The Labute approximate surface area is 241 Å². The predicted octanol–water partition coefficient (Wildman–Crippen LogP) is 6.61. The van der Waals surface area contributed by atoms with Gasteiger partial charge in [0.05, 0.1) is 22.1 Å². The average molecular weight is 571 g/mol. The first-order chi connectivity index (χ1) is 19.7. The number of nitriles is 1. The van der Waals surface area contributed by atoms with Gasteiger partial charge in [-0.25, -0.2) is 13.2 Å². The van der Waals surface area contributed by atoms with E-state index in [9.17, 15) is 18.3 Å². The topological polar surface area (TPSA) is 116 Å². The zero-order valence-electron chi connectivity index (χ0n) is 23.1. The second-order valence-corrected chi connectivity index (χ2v) is 12.9. The Morgan fingerprint density at radius 3 is 2.32 bits per heavy atom. The summed E-state index contributed by atoms with van der Waals surface area (Å²) in [5.74, 6) is -0.316. The van der Waals surface area contributed by atoms with Crippen molar-refractivity contribution in [3.05, 3.63) is 107 Å². The second kappa shape index (κ2) is 11.4. The number of sulfonamides is 1. The molecule has 1 unspecified atom stereocenters. The third-order valence-electron chi connectivity index (χ3n) is 8.11. The van der Waals surface area contributed by atoms with E-state index in [1.165, 1.54) is 29.8 Å². The van der Waals surface area contributed by atoms with Crippen LogP contribution in [0, 0.1) is 16.7 Å². The zero-order valence-corrected chi connectivity index (χ0v) is 23.9. The molecule has 5 rings (SSSR count). The Balaban J connectivity index is 1.33. The molecule has 8 heteroatoms. The number of anilines is 1. The molecular weight excluding hydrogens is 536 g/mol. The maximum atomic E-state index is 13.5. The Hall–Kier alpha value is -4.09. The number of aryl methyl sites for hydroxylation is 1. The molecule has 1 atom stereocenters. The van der Waals surface area contributed by atoms with Crippen molar-refractivity contribution in [1.82, 2.24) is 0 Å². The van der Waals surface area contributed by atoms with E-state index >= 15 is 0 Å². The Kier molecular flexibility index (Phi) is 7.92. The fraction of sp³-hybridized carbons (Fsp3) is 0.333. The summed E-state index contributed by atoms with van der Waals surface area (Å²) in [5.41, 5.74) is 1.91. The molecule has 1 fully saturated rings. The molecule has 1 aliphatic carbocycles. The number of carbonyl (C=O) groups is 1. The van der Waals surface area contributed by atoms with Crippen molar-refractivity contribution < 1.29 is 23.1 Å². The van der Waals surface area contributed by atoms with Crippen molar-refractivity contribution in [2.45, 2.75) is 68.8 Å². The number of ether oxygens (including phenoxy) is 1. The van der Waals surface area contributed by atoms with Crippen LogP contribution in [0.15, 0.2) is 95.1 Å². The van der Waals surface area contributed by atoms with Crippen LogP contribution in [0.5, 0.6) is 0 Å². The van der Waals surface area contributed by atoms with E-state index in [0.717, 1.165) is 31.2 Å². The van der Waals surface area contributed by atoms with Crippen molar-refractivity contribution in [2.24, 2.45) is 5.41 Å². The SMILES string of the molecule is CCCC1(CCc2ccccc2)CC(O)=C(C2(Cc3cccc(NS(=O)(=O)c4ccc(C#N)cc4)c3)CC2)C(=O)O1. The number of nitrogens with one attached hydrogen (secondary N) is 1. The Morgan fingerprint density at radius 2 is 1.68 bits per heavy atom. The van der Waals surface area contributed by atoms with E-state index < -0.39 is 27.0 Å². The van der Waals surface area contributed by atoms with Gasteiger partial charge in [0.1, 0.15) is 11.4 Å². The smallest absolute Gasteiger partial charge is 0.338 e. The summed E-state index contributed by atoms with van der Waals surface area (Å²) in [6.07, 6.45) is 5.19. The minimum Gasteiger partial charge on any atom is -0.512 e. The summed E-state index contributed by atoms with van der Waals surface area (Å²) in [6, 6.07) is 24.9. The minimum absolute atomic E-state index is 0.0587. The van der Waals surface area contributed by atoms with E-state index in [0.29, 0.717) is 42.5 Å². The van der Waals surface area contributed by atoms with Crippen molar-refractivity contribution in [1.29, 1.82) is 5.26 Å². The third-order valence-corrected chi connectivity index (χ3v) is 9.51. The van der Waals surface area contributed by atoms with Crippen molar-refractivity contribution in [3.8, 4) is 6.07 Å². The van der Waals surface area contributed by atoms with Crippen LogP contribution in [0.1, 0.15) is 62.1 Å². The molecule has 0 radical (unpaired) electrons. The normalized spacial score (nSPS) is 19.8. The van der Waals surface area contributed by atoms with E-state index in [1.807, 2.05) is 30.3 Å². The first kappa shape index (κ1) is 28.4.